The van der Waals surface area contributed by atoms with Gasteiger partial charge in [-0.25, -0.2) is 0 Å². The van der Waals surface area contributed by atoms with Gasteiger partial charge >= 0.3 is 6.85 Å². The first-order valence-corrected chi connectivity index (χ1v) is 33.4. The lowest BCUT2D eigenvalue weighted by atomic mass is 9.43. The smallest absolute Gasteiger partial charge is 0.333 e. The minimum absolute atomic E-state index is 0.0101. The summed E-state index contributed by atoms with van der Waals surface area (Å²) in [6.45, 7) is 29.0. The highest BCUT2D eigenvalue weighted by Crippen LogP contribution is 2.64. The highest BCUT2D eigenvalue weighted by Gasteiger charge is 2.62. The van der Waals surface area contributed by atoms with Gasteiger partial charge in [0.25, 0.3) is 0 Å². The molecule has 1 saturated carbocycles. The van der Waals surface area contributed by atoms with Crippen LogP contribution in [-0.2, 0) is 27.1 Å². The average molecular weight is 1190 g/mol. The lowest BCUT2D eigenvalue weighted by molar-refractivity contribution is 0.195. The van der Waals surface area contributed by atoms with E-state index in [9.17, 15) is 0 Å². The van der Waals surface area contributed by atoms with Gasteiger partial charge in [-0.05, 0) is 177 Å². The van der Waals surface area contributed by atoms with Crippen molar-refractivity contribution in [1.29, 1.82) is 0 Å². The third-order valence-corrected chi connectivity index (χ3v) is 23.1. The van der Waals surface area contributed by atoms with E-state index in [2.05, 4.69) is 280 Å². The number of hydrogen-bond donors (Lipinski definition) is 0. The fourth-order valence-electron chi connectivity index (χ4n) is 17.7. The zero-order valence-electron chi connectivity index (χ0n) is 54.7. The molecule has 7 heteroatoms. The highest BCUT2D eigenvalue weighted by atomic mass is 16.3. The van der Waals surface area contributed by atoms with Gasteiger partial charge in [0.1, 0.15) is 22.3 Å². The van der Waals surface area contributed by atoms with Crippen molar-refractivity contribution < 1.29 is 13.3 Å². The molecule has 450 valence electrons. The van der Waals surface area contributed by atoms with E-state index in [4.69, 9.17) is 13.3 Å². The average Bonchev–Trinajstić information content (AvgIpc) is 1.56. The zero-order valence-corrected chi connectivity index (χ0v) is 54.7. The van der Waals surface area contributed by atoms with Crippen LogP contribution in [0.15, 0.2) is 195 Å². The Kier molecular flexibility index (Phi) is 11.1. The minimum Gasteiger partial charge on any atom is -0.456 e. The number of anilines is 7. The number of furan rings is 3. The Morgan fingerprint density at radius 3 is 1.68 bits per heavy atom. The quantitative estimate of drug-likeness (QED) is 0.160. The number of nitrogens with zero attached hydrogens (tertiary/aromatic N) is 3. The normalized spacial score (nSPS) is 19.6. The van der Waals surface area contributed by atoms with Crippen LogP contribution in [0.3, 0.4) is 0 Å². The molecule has 10 aromatic carbocycles. The molecule has 0 spiro atoms. The molecule has 3 aliphatic heterocycles. The van der Waals surface area contributed by atoms with Crippen LogP contribution in [0.4, 0.5) is 39.8 Å². The molecule has 0 saturated heterocycles. The predicted octanol–water partition coefficient (Wildman–Crippen LogP) is 22.4. The summed E-state index contributed by atoms with van der Waals surface area (Å²) >= 11 is 0. The van der Waals surface area contributed by atoms with Crippen LogP contribution in [0, 0.1) is 0 Å². The molecule has 0 radical (unpaired) electrons. The molecule has 91 heavy (non-hydrogen) atoms. The third kappa shape index (κ3) is 7.55. The van der Waals surface area contributed by atoms with Gasteiger partial charge in [-0.2, -0.15) is 0 Å². The van der Waals surface area contributed by atoms with Crippen molar-refractivity contribution in [2.75, 3.05) is 14.6 Å². The maximum absolute atomic E-state index is 7.41. The molecule has 2 unspecified atom stereocenters. The van der Waals surface area contributed by atoms with E-state index >= 15 is 0 Å². The first kappa shape index (κ1) is 55.0. The summed E-state index contributed by atoms with van der Waals surface area (Å²) in [5.41, 5.74) is 26.9. The van der Waals surface area contributed by atoms with Crippen LogP contribution in [0.5, 0.6) is 0 Å². The summed E-state index contributed by atoms with van der Waals surface area (Å²) in [7, 11) is 0. The molecule has 2 aliphatic carbocycles. The highest BCUT2D eigenvalue weighted by molar-refractivity contribution is 6.94. The van der Waals surface area contributed by atoms with Gasteiger partial charge < -0.3 is 27.9 Å². The van der Waals surface area contributed by atoms with Crippen LogP contribution >= 0.6 is 0 Å². The predicted molar refractivity (Wildman–Crippen MR) is 383 cm³/mol. The molecule has 2 atom stereocenters. The van der Waals surface area contributed by atoms with Crippen LogP contribution in [0.1, 0.15) is 149 Å². The van der Waals surface area contributed by atoms with Gasteiger partial charge in [0.2, 0.25) is 0 Å². The Bertz CT molecular complexity index is 5180. The largest absolute Gasteiger partial charge is 0.456 e. The van der Waals surface area contributed by atoms with E-state index in [1.807, 2.05) is 0 Å². The van der Waals surface area contributed by atoms with Crippen LogP contribution < -0.4 is 25.5 Å². The SMILES string of the molecule is CC(C)(C)c1ccc(N2B3c4cc(C(C)(C)C)cc5c4N(c4cc(N(c6cccc7c6oc6ccccc67)c6cccc7c6oc6ccccc67)cc(c43)-c3cc4oc6cc7c(cc6c4cc32)C(C)(C)CCC7(C)C)C2(C)CCCCC52C)c(-c2ccccc2)c1. The lowest BCUT2D eigenvalue weighted by Crippen LogP contribution is -2.64. The summed E-state index contributed by atoms with van der Waals surface area (Å²) in [6.07, 6.45) is 6.79. The topological polar surface area (TPSA) is 49.1 Å². The maximum Gasteiger partial charge on any atom is 0.333 e. The Balaban J connectivity index is 1.02. The molecule has 6 nitrogen and oxygen atoms in total. The number of fused-ring (bicyclic) bond motifs is 17. The maximum atomic E-state index is 7.41. The van der Waals surface area contributed by atoms with Crippen LogP contribution in [0.2, 0.25) is 0 Å². The molecule has 0 amide bonds. The van der Waals surface area contributed by atoms with Crippen molar-refractivity contribution in [1.82, 2.24) is 0 Å². The first-order chi connectivity index (χ1) is 43.6. The molecule has 13 aromatic rings. The van der Waals surface area contributed by atoms with Crippen molar-refractivity contribution in [3.63, 3.8) is 0 Å². The van der Waals surface area contributed by atoms with Crippen molar-refractivity contribution >= 4 is 123 Å². The minimum atomic E-state index is -0.267. The van der Waals surface area contributed by atoms with Crippen molar-refractivity contribution in [2.45, 2.75) is 154 Å². The zero-order chi connectivity index (χ0) is 62.2. The molecular formula is C84H78BN3O3. The van der Waals surface area contributed by atoms with E-state index < -0.39 is 0 Å². The van der Waals surface area contributed by atoms with E-state index in [1.54, 1.807) is 0 Å². The summed E-state index contributed by atoms with van der Waals surface area (Å²) < 4.78 is 21.7. The Morgan fingerprint density at radius 1 is 0.429 bits per heavy atom. The molecule has 6 heterocycles. The van der Waals surface area contributed by atoms with Crippen LogP contribution in [-0.4, -0.2) is 12.4 Å². The molecule has 18 rings (SSSR count). The van der Waals surface area contributed by atoms with Gasteiger partial charge in [-0.1, -0.05) is 198 Å². The molecule has 0 N–H and O–H groups in total. The molecule has 5 aliphatic rings. The van der Waals surface area contributed by atoms with E-state index in [0.29, 0.717) is 0 Å². The summed E-state index contributed by atoms with van der Waals surface area (Å²) in [4.78, 5) is 8.16. The molecule has 1 fully saturated rings. The van der Waals surface area contributed by atoms with Crippen molar-refractivity contribution in [2.24, 2.45) is 0 Å². The van der Waals surface area contributed by atoms with Crippen molar-refractivity contribution in [3.8, 4) is 22.3 Å². The lowest BCUT2D eigenvalue weighted by Gasteiger charge is -2.53. The fourth-order valence-corrected chi connectivity index (χ4v) is 17.7. The van der Waals surface area contributed by atoms with Gasteiger partial charge in [0, 0.05) is 77.3 Å². The Morgan fingerprint density at radius 2 is 1.02 bits per heavy atom. The van der Waals surface area contributed by atoms with Gasteiger partial charge in [0.05, 0.1) is 16.9 Å². The Hall–Kier alpha value is -8.94. The standard InChI is InChI=1S/C84H78BN3O3/c1-79(2,3)50-34-35-66(57(40-50)49-24-14-13-15-25-49)88-69-46-60-59-45-62-63(82(9,10)39-38-81(62,7)8)48-74(59)89-73(60)47-58(69)61-43-52(44-70-75(61)85(88)65-42-51(80(4,5)6)41-64-76(65)87(70)84(12)37-21-20-36-83(64,84)11)86(67-30-22-28-55-53-26-16-18-32-71(53)90-77(55)67)68-31-23-29-56-54-27-17-19-33-72(54)91-78(56)68/h13-19,22-35,40-48H,20-21,36-39H2,1-12H3. The van der Waals surface area contributed by atoms with E-state index in [-0.39, 0.29) is 39.5 Å². The second kappa shape index (κ2) is 18.4. The number of rotatable bonds is 5. The second-order valence-corrected chi connectivity index (χ2v) is 31.4. The van der Waals surface area contributed by atoms with Gasteiger partial charge in [-0.3, -0.25) is 0 Å². The third-order valence-electron chi connectivity index (χ3n) is 23.1. The molecule has 3 aromatic heterocycles. The fraction of sp³-hybridized carbons (Fsp3) is 0.286. The van der Waals surface area contributed by atoms with Crippen LogP contribution in [0.25, 0.3) is 88.1 Å². The van der Waals surface area contributed by atoms with Gasteiger partial charge in [-0.15, -0.1) is 0 Å². The second-order valence-electron chi connectivity index (χ2n) is 31.4. The summed E-state index contributed by atoms with van der Waals surface area (Å²) in [6, 6.07) is 69.1. The monoisotopic (exact) mass is 1190 g/mol. The first-order valence-electron chi connectivity index (χ1n) is 33.4. The summed E-state index contributed by atoms with van der Waals surface area (Å²) in [5.74, 6) is 0. The number of hydrogen-bond acceptors (Lipinski definition) is 6. The molecule has 0 bridgehead atoms. The van der Waals surface area contributed by atoms with E-state index in [1.165, 1.54) is 84.3 Å². The number of para-hydroxylation sites is 4. The van der Waals surface area contributed by atoms with E-state index in [0.717, 1.165) is 121 Å². The van der Waals surface area contributed by atoms with Gasteiger partial charge in [0.15, 0.2) is 11.2 Å². The van der Waals surface area contributed by atoms with Crippen molar-refractivity contribution in [3.05, 3.63) is 210 Å². The molecular weight excluding hydrogens is 1110 g/mol. The number of benzene rings is 10. The Labute approximate surface area is 534 Å². The summed E-state index contributed by atoms with van der Waals surface area (Å²) in [5, 5.41) is 6.63.